The van der Waals surface area contributed by atoms with Crippen LogP contribution < -0.4 is 10.1 Å². The maximum atomic E-state index is 13.7. The number of anilines is 1. The Kier molecular flexibility index (Phi) is 6.11. The molecule has 0 spiro atoms. The zero-order valence-corrected chi connectivity index (χ0v) is 17.1. The molecule has 1 N–H and O–H groups in total. The Morgan fingerprint density at radius 1 is 1.06 bits per heavy atom. The quantitative estimate of drug-likeness (QED) is 0.322. The van der Waals surface area contributed by atoms with Gasteiger partial charge in [0.15, 0.2) is 23.1 Å². The van der Waals surface area contributed by atoms with E-state index in [2.05, 4.69) is 15.4 Å². The lowest BCUT2D eigenvalue weighted by Crippen LogP contribution is -2.12. The molecule has 0 fully saturated rings. The lowest BCUT2D eigenvalue weighted by Gasteiger charge is -2.08. The van der Waals surface area contributed by atoms with Crippen molar-refractivity contribution in [2.75, 3.05) is 5.32 Å². The highest BCUT2D eigenvalue weighted by Gasteiger charge is 2.21. The van der Waals surface area contributed by atoms with Crippen LogP contribution in [0.25, 0.3) is 0 Å². The van der Waals surface area contributed by atoms with E-state index in [-0.39, 0.29) is 23.5 Å². The Hall–Kier alpha value is -4.15. The smallest absolute Gasteiger partial charge is 0.293 e. The van der Waals surface area contributed by atoms with E-state index >= 15 is 0 Å². The molecule has 7 nitrogen and oxygen atoms in total. The molecular weight excluding hydrogens is 444 g/mol. The molecule has 2 heterocycles. The summed E-state index contributed by atoms with van der Waals surface area (Å²) >= 11 is 0. The van der Waals surface area contributed by atoms with Gasteiger partial charge >= 0.3 is 0 Å². The van der Waals surface area contributed by atoms with Crippen LogP contribution in [0.4, 0.5) is 23.5 Å². The number of halogens is 4. The Morgan fingerprint density at radius 2 is 1.76 bits per heavy atom. The van der Waals surface area contributed by atoms with Gasteiger partial charge in [0.05, 0.1) is 6.54 Å². The SMILES string of the molecule is Cc1ccc(Cn2cnc(NC(=O)c3ccc(COc4c(F)c(F)cc(F)c4F)o3)n2)cc1. The standard InChI is InChI=1S/C22H16F4N4O3/c1-12-2-4-13(5-3-12)9-30-11-27-22(29-30)28-21(31)17-7-6-14(33-17)10-32-20-18(25)15(23)8-16(24)19(20)26/h2-8,11H,9-10H2,1H3,(H,28,29,31). The van der Waals surface area contributed by atoms with Crippen LogP contribution in [0, 0.1) is 30.2 Å². The molecule has 0 aliphatic heterocycles. The van der Waals surface area contributed by atoms with E-state index in [4.69, 9.17) is 9.15 Å². The Labute approximate surface area is 184 Å². The average molecular weight is 460 g/mol. The van der Waals surface area contributed by atoms with Crippen molar-refractivity contribution in [2.45, 2.75) is 20.1 Å². The highest BCUT2D eigenvalue weighted by molar-refractivity contribution is 6.01. The third-order valence-corrected chi connectivity index (χ3v) is 4.54. The minimum atomic E-state index is -1.68. The van der Waals surface area contributed by atoms with Crippen LogP contribution in [-0.4, -0.2) is 20.7 Å². The third-order valence-electron chi connectivity index (χ3n) is 4.54. The van der Waals surface area contributed by atoms with Crippen molar-refractivity contribution in [3.05, 3.63) is 94.7 Å². The number of benzene rings is 2. The average Bonchev–Trinajstić information content (AvgIpc) is 3.44. The van der Waals surface area contributed by atoms with Crippen LogP contribution in [0.2, 0.25) is 0 Å². The summed E-state index contributed by atoms with van der Waals surface area (Å²) in [4.78, 5) is 16.4. The molecule has 0 atom stereocenters. The number of hydrogen-bond acceptors (Lipinski definition) is 5. The van der Waals surface area contributed by atoms with Gasteiger partial charge in [0.2, 0.25) is 17.6 Å². The summed E-state index contributed by atoms with van der Waals surface area (Å²) in [5, 5.41) is 6.62. The minimum Gasteiger partial charge on any atom is -0.479 e. The van der Waals surface area contributed by atoms with Gasteiger partial charge in [0.1, 0.15) is 18.7 Å². The molecule has 33 heavy (non-hydrogen) atoms. The fourth-order valence-electron chi connectivity index (χ4n) is 2.87. The van der Waals surface area contributed by atoms with E-state index in [1.807, 2.05) is 31.2 Å². The van der Waals surface area contributed by atoms with Gasteiger partial charge in [-0.2, -0.15) is 8.78 Å². The molecule has 0 radical (unpaired) electrons. The normalized spacial score (nSPS) is 10.9. The molecule has 0 bridgehead atoms. The number of aryl methyl sites for hydroxylation is 1. The van der Waals surface area contributed by atoms with E-state index in [1.54, 1.807) is 4.68 Å². The molecule has 0 saturated heterocycles. The van der Waals surface area contributed by atoms with Gasteiger partial charge in [-0.3, -0.25) is 10.1 Å². The topological polar surface area (TPSA) is 82.2 Å². The van der Waals surface area contributed by atoms with Crippen LogP contribution in [0.3, 0.4) is 0 Å². The largest absolute Gasteiger partial charge is 0.479 e. The highest BCUT2D eigenvalue weighted by Crippen LogP contribution is 2.27. The molecule has 4 rings (SSSR count). The molecule has 0 saturated carbocycles. The first-order valence-electron chi connectivity index (χ1n) is 9.61. The molecule has 0 aliphatic carbocycles. The van der Waals surface area contributed by atoms with Gasteiger partial charge in [0, 0.05) is 6.07 Å². The minimum absolute atomic E-state index is 0.0125. The van der Waals surface area contributed by atoms with Crippen molar-refractivity contribution < 1.29 is 31.5 Å². The molecule has 2 aromatic carbocycles. The number of carbonyl (C=O) groups is 1. The molecule has 2 aromatic heterocycles. The monoisotopic (exact) mass is 460 g/mol. The second-order valence-corrected chi connectivity index (χ2v) is 7.06. The van der Waals surface area contributed by atoms with Crippen molar-refractivity contribution in [1.29, 1.82) is 0 Å². The Balaban J connectivity index is 1.37. The van der Waals surface area contributed by atoms with E-state index in [1.165, 1.54) is 18.5 Å². The van der Waals surface area contributed by atoms with Gasteiger partial charge < -0.3 is 9.15 Å². The summed E-state index contributed by atoms with van der Waals surface area (Å²) in [5.74, 6) is -8.58. The number of nitrogens with zero attached hydrogens (tertiary/aromatic N) is 3. The van der Waals surface area contributed by atoms with E-state index < -0.39 is 41.5 Å². The first-order valence-corrected chi connectivity index (χ1v) is 9.61. The number of hydrogen-bond donors (Lipinski definition) is 1. The van der Waals surface area contributed by atoms with Gasteiger partial charge in [-0.15, -0.1) is 5.10 Å². The predicted molar refractivity (Wildman–Crippen MR) is 108 cm³/mol. The van der Waals surface area contributed by atoms with Gasteiger partial charge in [0.25, 0.3) is 5.91 Å². The summed E-state index contributed by atoms with van der Waals surface area (Å²) in [7, 11) is 0. The molecule has 11 heteroatoms. The summed E-state index contributed by atoms with van der Waals surface area (Å²) in [6, 6.07) is 10.5. The molecule has 170 valence electrons. The number of carbonyl (C=O) groups excluding carboxylic acids is 1. The van der Waals surface area contributed by atoms with Crippen molar-refractivity contribution in [3.63, 3.8) is 0 Å². The second-order valence-electron chi connectivity index (χ2n) is 7.06. The Morgan fingerprint density at radius 3 is 2.45 bits per heavy atom. The van der Waals surface area contributed by atoms with E-state index in [9.17, 15) is 22.4 Å². The first kappa shape index (κ1) is 22.1. The maximum Gasteiger partial charge on any atom is 0.293 e. The lowest BCUT2D eigenvalue weighted by molar-refractivity contribution is 0.0991. The highest BCUT2D eigenvalue weighted by atomic mass is 19.2. The predicted octanol–water partition coefficient (Wildman–Crippen LogP) is 4.62. The summed E-state index contributed by atoms with van der Waals surface area (Å²) < 4.78 is 65.4. The van der Waals surface area contributed by atoms with Crippen LogP contribution in [-0.2, 0) is 13.2 Å². The summed E-state index contributed by atoms with van der Waals surface area (Å²) in [5.41, 5.74) is 2.14. The zero-order chi connectivity index (χ0) is 23.5. The van der Waals surface area contributed by atoms with Crippen LogP contribution in [0.5, 0.6) is 5.75 Å². The number of rotatable bonds is 7. The van der Waals surface area contributed by atoms with Crippen molar-refractivity contribution in [2.24, 2.45) is 0 Å². The fraction of sp³-hybridized carbons (Fsp3) is 0.136. The molecule has 4 aromatic rings. The second kappa shape index (κ2) is 9.15. The molecule has 1 amide bonds. The molecule has 0 unspecified atom stereocenters. The number of amides is 1. The van der Waals surface area contributed by atoms with Crippen LogP contribution in [0.15, 0.2) is 53.2 Å². The fourth-order valence-corrected chi connectivity index (χ4v) is 2.87. The third kappa shape index (κ3) is 5.03. The van der Waals surface area contributed by atoms with Crippen molar-refractivity contribution >= 4 is 11.9 Å². The number of aromatic nitrogens is 3. The van der Waals surface area contributed by atoms with E-state index in [0.717, 1.165) is 11.1 Å². The van der Waals surface area contributed by atoms with Gasteiger partial charge in [-0.05, 0) is 24.6 Å². The summed E-state index contributed by atoms with van der Waals surface area (Å²) in [6.07, 6.45) is 1.46. The van der Waals surface area contributed by atoms with Crippen molar-refractivity contribution in [1.82, 2.24) is 14.8 Å². The summed E-state index contributed by atoms with van der Waals surface area (Å²) in [6.45, 7) is 1.86. The van der Waals surface area contributed by atoms with Gasteiger partial charge in [-0.1, -0.05) is 29.8 Å². The maximum absolute atomic E-state index is 13.7. The Bertz CT molecular complexity index is 1280. The first-order chi connectivity index (χ1) is 15.8. The number of ether oxygens (including phenoxy) is 1. The van der Waals surface area contributed by atoms with Crippen LogP contribution in [0.1, 0.15) is 27.4 Å². The van der Waals surface area contributed by atoms with Crippen LogP contribution >= 0.6 is 0 Å². The molecular formula is C22H16F4N4O3. The molecule has 0 aliphatic rings. The number of nitrogens with one attached hydrogen (secondary N) is 1. The van der Waals surface area contributed by atoms with Gasteiger partial charge in [-0.25, -0.2) is 18.4 Å². The number of furan rings is 1. The van der Waals surface area contributed by atoms with Crippen molar-refractivity contribution in [3.8, 4) is 5.75 Å². The zero-order valence-electron chi connectivity index (χ0n) is 17.1. The van der Waals surface area contributed by atoms with E-state index in [0.29, 0.717) is 6.54 Å². The lowest BCUT2D eigenvalue weighted by atomic mass is 10.1.